The zero-order valence-corrected chi connectivity index (χ0v) is 13.1. The summed E-state index contributed by atoms with van der Waals surface area (Å²) in [6.45, 7) is -1.03. The van der Waals surface area contributed by atoms with Crippen LogP contribution in [0, 0.1) is 22.7 Å². The van der Waals surface area contributed by atoms with E-state index in [2.05, 4.69) is 10.1 Å². The maximum Gasteiger partial charge on any atom is 0.411 e. The van der Waals surface area contributed by atoms with Crippen molar-refractivity contribution in [3.8, 4) is 12.1 Å². The van der Waals surface area contributed by atoms with Crippen LogP contribution in [-0.2, 0) is 17.9 Å². The van der Waals surface area contributed by atoms with Crippen LogP contribution in [0.2, 0.25) is 0 Å². The molecule has 25 heavy (non-hydrogen) atoms. The SMILES string of the molecule is N#Cc1cccc(C#N)c1NCc1ccc(COCC(F)(F)F)cc1. The standard InChI is InChI=1S/C18H14F3N3O/c19-18(20,21)12-25-11-14-6-4-13(5-7-14)10-24-17-15(8-22)2-1-3-16(17)9-23/h1-7,24H,10-12H2. The van der Waals surface area contributed by atoms with Crippen molar-refractivity contribution in [3.05, 3.63) is 64.7 Å². The van der Waals surface area contributed by atoms with Crippen molar-refractivity contribution < 1.29 is 17.9 Å². The smallest absolute Gasteiger partial charge is 0.379 e. The lowest BCUT2D eigenvalue weighted by Gasteiger charge is -2.11. The van der Waals surface area contributed by atoms with E-state index in [1.54, 1.807) is 42.5 Å². The molecule has 0 atom stereocenters. The van der Waals surface area contributed by atoms with Gasteiger partial charge in [-0.25, -0.2) is 0 Å². The number of nitrogens with one attached hydrogen (secondary N) is 1. The molecule has 0 saturated carbocycles. The highest BCUT2D eigenvalue weighted by Gasteiger charge is 2.27. The first-order chi connectivity index (χ1) is 11.9. The normalized spacial score (nSPS) is 10.8. The van der Waals surface area contributed by atoms with E-state index < -0.39 is 12.8 Å². The Morgan fingerprint density at radius 2 is 1.48 bits per heavy atom. The lowest BCUT2D eigenvalue weighted by atomic mass is 10.1. The lowest BCUT2D eigenvalue weighted by Crippen LogP contribution is -2.16. The molecule has 4 nitrogen and oxygen atoms in total. The van der Waals surface area contributed by atoms with E-state index in [1.807, 2.05) is 12.1 Å². The highest BCUT2D eigenvalue weighted by molar-refractivity contribution is 5.66. The Morgan fingerprint density at radius 1 is 0.920 bits per heavy atom. The summed E-state index contributed by atoms with van der Waals surface area (Å²) in [6, 6.07) is 15.8. The second kappa shape index (κ2) is 8.18. The molecule has 0 saturated heterocycles. The second-order valence-corrected chi connectivity index (χ2v) is 5.23. The number of nitrogens with zero attached hydrogens (tertiary/aromatic N) is 2. The van der Waals surface area contributed by atoms with Gasteiger partial charge in [0.15, 0.2) is 0 Å². The topological polar surface area (TPSA) is 68.8 Å². The Hall–Kier alpha value is -3.03. The van der Waals surface area contributed by atoms with Crippen LogP contribution in [0.15, 0.2) is 42.5 Å². The first-order valence-corrected chi connectivity index (χ1v) is 7.32. The van der Waals surface area contributed by atoms with Gasteiger partial charge in [0.05, 0.1) is 23.4 Å². The number of hydrogen-bond donors (Lipinski definition) is 1. The fourth-order valence-corrected chi connectivity index (χ4v) is 2.16. The molecule has 0 aliphatic rings. The molecular weight excluding hydrogens is 331 g/mol. The maximum atomic E-state index is 12.0. The lowest BCUT2D eigenvalue weighted by molar-refractivity contribution is -0.176. The second-order valence-electron chi connectivity index (χ2n) is 5.23. The number of alkyl halides is 3. The molecule has 0 unspecified atom stereocenters. The third kappa shape index (κ3) is 5.52. The molecule has 0 fully saturated rings. The molecule has 0 spiro atoms. The Kier molecular flexibility index (Phi) is 5.99. The van der Waals surface area contributed by atoms with Gasteiger partial charge < -0.3 is 10.1 Å². The third-order valence-electron chi connectivity index (χ3n) is 3.33. The predicted molar refractivity (Wildman–Crippen MR) is 85.4 cm³/mol. The van der Waals surface area contributed by atoms with Crippen LogP contribution in [0.5, 0.6) is 0 Å². The Balaban J connectivity index is 1.97. The molecule has 0 amide bonds. The van der Waals surface area contributed by atoms with E-state index in [0.29, 0.717) is 28.9 Å². The molecule has 0 aliphatic heterocycles. The summed E-state index contributed by atoms with van der Waals surface area (Å²) < 4.78 is 40.7. The van der Waals surface area contributed by atoms with Gasteiger partial charge in [0.2, 0.25) is 0 Å². The van der Waals surface area contributed by atoms with E-state index in [9.17, 15) is 13.2 Å². The van der Waals surface area contributed by atoms with Gasteiger partial charge in [-0.15, -0.1) is 0 Å². The predicted octanol–water partition coefficient (Wildman–Crippen LogP) is 4.12. The zero-order chi connectivity index (χ0) is 18.3. The number of benzene rings is 2. The van der Waals surface area contributed by atoms with Gasteiger partial charge >= 0.3 is 6.18 Å². The summed E-state index contributed by atoms with van der Waals surface area (Å²) in [5, 5.41) is 21.3. The van der Waals surface area contributed by atoms with Crippen LogP contribution in [-0.4, -0.2) is 12.8 Å². The highest BCUT2D eigenvalue weighted by atomic mass is 19.4. The molecule has 2 aromatic carbocycles. The Bertz CT molecular complexity index is 770. The third-order valence-corrected chi connectivity index (χ3v) is 3.33. The summed E-state index contributed by atoms with van der Waals surface area (Å²) in [7, 11) is 0. The molecule has 0 heterocycles. The average molecular weight is 345 g/mol. The Labute approximate surface area is 143 Å². The quantitative estimate of drug-likeness (QED) is 0.855. The molecule has 1 N–H and O–H groups in total. The van der Waals surface area contributed by atoms with E-state index in [0.717, 1.165) is 5.56 Å². The van der Waals surface area contributed by atoms with Crippen molar-refractivity contribution in [2.24, 2.45) is 0 Å². The average Bonchev–Trinajstić information content (AvgIpc) is 2.59. The van der Waals surface area contributed by atoms with Crippen molar-refractivity contribution in [3.63, 3.8) is 0 Å². The van der Waals surface area contributed by atoms with Crippen molar-refractivity contribution >= 4 is 5.69 Å². The van der Waals surface area contributed by atoms with Gasteiger partial charge in [-0.3, -0.25) is 0 Å². The van der Waals surface area contributed by atoms with Crippen LogP contribution in [0.4, 0.5) is 18.9 Å². The molecule has 7 heteroatoms. The minimum absolute atomic E-state index is 0.122. The number of nitriles is 2. The van der Waals surface area contributed by atoms with Crippen molar-refractivity contribution in [1.82, 2.24) is 0 Å². The summed E-state index contributed by atoms with van der Waals surface area (Å²) in [5.41, 5.74) is 2.69. The van der Waals surface area contributed by atoms with Crippen molar-refractivity contribution in [2.45, 2.75) is 19.3 Å². The number of ether oxygens (including phenoxy) is 1. The molecule has 0 bridgehead atoms. The number of hydrogen-bond acceptors (Lipinski definition) is 4. The number of rotatable bonds is 6. The van der Waals surface area contributed by atoms with Gasteiger partial charge in [0, 0.05) is 6.54 Å². The van der Waals surface area contributed by atoms with E-state index in [-0.39, 0.29) is 6.61 Å². The van der Waals surface area contributed by atoms with Crippen molar-refractivity contribution in [2.75, 3.05) is 11.9 Å². The van der Waals surface area contributed by atoms with Gasteiger partial charge in [-0.1, -0.05) is 30.3 Å². The van der Waals surface area contributed by atoms with Gasteiger partial charge in [0.1, 0.15) is 18.7 Å². The maximum absolute atomic E-state index is 12.0. The highest BCUT2D eigenvalue weighted by Crippen LogP contribution is 2.21. The first kappa shape index (κ1) is 18.3. The number of anilines is 1. The fraction of sp³-hybridized carbons (Fsp3) is 0.222. The van der Waals surface area contributed by atoms with Crippen LogP contribution in [0.1, 0.15) is 22.3 Å². The summed E-state index contributed by atoms with van der Waals surface area (Å²) in [5.74, 6) is 0. The minimum atomic E-state index is -4.34. The molecule has 2 rings (SSSR count). The molecular formula is C18H14F3N3O. The zero-order valence-electron chi connectivity index (χ0n) is 13.1. The van der Waals surface area contributed by atoms with Gasteiger partial charge in [-0.05, 0) is 23.3 Å². The van der Waals surface area contributed by atoms with Gasteiger partial charge in [0.25, 0.3) is 0 Å². The largest absolute Gasteiger partial charge is 0.411 e. The van der Waals surface area contributed by atoms with Crippen LogP contribution >= 0.6 is 0 Å². The van der Waals surface area contributed by atoms with Crippen LogP contribution in [0.25, 0.3) is 0 Å². The molecule has 2 aromatic rings. The number of para-hydroxylation sites is 1. The minimum Gasteiger partial charge on any atom is -0.379 e. The summed E-state index contributed by atoms with van der Waals surface area (Å²) >= 11 is 0. The fourth-order valence-electron chi connectivity index (χ4n) is 2.16. The molecule has 128 valence electrons. The van der Waals surface area contributed by atoms with Crippen LogP contribution in [0.3, 0.4) is 0 Å². The molecule has 0 aromatic heterocycles. The Morgan fingerprint density at radius 3 is 2.00 bits per heavy atom. The number of halogens is 3. The monoisotopic (exact) mass is 345 g/mol. The summed E-state index contributed by atoms with van der Waals surface area (Å²) in [6.07, 6.45) is -4.34. The van der Waals surface area contributed by atoms with Gasteiger partial charge in [-0.2, -0.15) is 23.7 Å². The summed E-state index contributed by atoms with van der Waals surface area (Å²) in [4.78, 5) is 0. The van der Waals surface area contributed by atoms with Crippen molar-refractivity contribution in [1.29, 1.82) is 10.5 Å². The van der Waals surface area contributed by atoms with Crippen LogP contribution < -0.4 is 5.32 Å². The van der Waals surface area contributed by atoms with E-state index in [1.165, 1.54) is 0 Å². The van der Waals surface area contributed by atoms with E-state index >= 15 is 0 Å². The molecule has 0 aliphatic carbocycles. The first-order valence-electron chi connectivity index (χ1n) is 7.32. The molecule has 0 radical (unpaired) electrons. The van der Waals surface area contributed by atoms with E-state index in [4.69, 9.17) is 10.5 Å².